The van der Waals surface area contributed by atoms with Crippen LogP contribution in [0.1, 0.15) is 23.2 Å². The van der Waals surface area contributed by atoms with Crippen LogP contribution in [-0.4, -0.2) is 43.6 Å². The van der Waals surface area contributed by atoms with Crippen molar-refractivity contribution in [2.24, 2.45) is 0 Å². The van der Waals surface area contributed by atoms with Crippen LogP contribution in [-0.2, 0) is 9.53 Å². The molecule has 0 aromatic heterocycles. The third kappa shape index (κ3) is 3.13. The third-order valence-electron chi connectivity index (χ3n) is 4.11. The van der Waals surface area contributed by atoms with Crippen molar-refractivity contribution in [1.82, 2.24) is 4.90 Å². The molecule has 5 heteroatoms. The second kappa shape index (κ2) is 6.69. The monoisotopic (exact) mass is 313 g/mol. The average Bonchev–Trinajstić information content (AvgIpc) is 3.13. The Morgan fingerprint density at radius 3 is 2.43 bits per heavy atom. The number of amides is 1. The van der Waals surface area contributed by atoms with Crippen LogP contribution in [0.5, 0.6) is 5.75 Å². The summed E-state index contributed by atoms with van der Waals surface area (Å²) >= 11 is 0. The first-order valence-corrected chi connectivity index (χ1v) is 7.71. The lowest BCUT2D eigenvalue weighted by Crippen LogP contribution is -2.32. The fourth-order valence-electron chi connectivity index (χ4n) is 2.89. The molecule has 1 heterocycles. The maximum atomic E-state index is 12.3. The van der Waals surface area contributed by atoms with Crippen molar-refractivity contribution in [2.75, 3.05) is 26.8 Å². The van der Waals surface area contributed by atoms with Crippen LogP contribution in [0.25, 0.3) is 10.8 Å². The summed E-state index contributed by atoms with van der Waals surface area (Å²) in [6.07, 6.45) is 2.03. The predicted octanol–water partition coefficient (Wildman–Crippen LogP) is 2.63. The van der Waals surface area contributed by atoms with Crippen LogP contribution in [0.3, 0.4) is 0 Å². The van der Waals surface area contributed by atoms with Crippen LogP contribution < -0.4 is 4.74 Å². The summed E-state index contributed by atoms with van der Waals surface area (Å²) in [7, 11) is 1.59. The zero-order valence-corrected chi connectivity index (χ0v) is 13.1. The van der Waals surface area contributed by atoms with Gasteiger partial charge in [0, 0.05) is 18.5 Å². The van der Waals surface area contributed by atoms with E-state index in [0.717, 1.165) is 36.7 Å². The molecule has 2 aromatic carbocycles. The molecule has 0 N–H and O–H groups in total. The van der Waals surface area contributed by atoms with Gasteiger partial charge in [-0.3, -0.25) is 4.79 Å². The van der Waals surface area contributed by atoms with E-state index in [1.807, 2.05) is 24.3 Å². The summed E-state index contributed by atoms with van der Waals surface area (Å²) in [5.41, 5.74) is 0.440. The first-order valence-electron chi connectivity index (χ1n) is 7.71. The van der Waals surface area contributed by atoms with Gasteiger partial charge in [-0.05, 0) is 30.4 Å². The molecule has 1 aliphatic heterocycles. The van der Waals surface area contributed by atoms with Crippen molar-refractivity contribution >= 4 is 22.6 Å². The minimum absolute atomic E-state index is 0.131. The second-order valence-corrected chi connectivity index (χ2v) is 5.52. The van der Waals surface area contributed by atoms with E-state index in [9.17, 15) is 9.59 Å². The molecule has 1 amide bonds. The molecule has 1 fully saturated rings. The number of esters is 1. The first kappa shape index (κ1) is 15.3. The molecule has 0 spiro atoms. The molecular weight excluding hydrogens is 294 g/mol. The molecule has 3 rings (SSSR count). The van der Waals surface area contributed by atoms with Gasteiger partial charge in [0.05, 0.1) is 12.7 Å². The number of fused-ring (bicyclic) bond motifs is 1. The van der Waals surface area contributed by atoms with E-state index < -0.39 is 5.97 Å². The minimum Gasteiger partial charge on any atom is -0.496 e. The number of methoxy groups -OCH3 is 1. The highest BCUT2D eigenvalue weighted by Gasteiger charge is 2.20. The molecule has 0 radical (unpaired) electrons. The molecule has 23 heavy (non-hydrogen) atoms. The van der Waals surface area contributed by atoms with Gasteiger partial charge in [0.2, 0.25) is 0 Å². The molecular formula is C18H19NO4. The molecule has 2 aromatic rings. The lowest BCUT2D eigenvalue weighted by Gasteiger charge is -2.15. The second-order valence-electron chi connectivity index (χ2n) is 5.52. The Morgan fingerprint density at radius 1 is 1.04 bits per heavy atom. The summed E-state index contributed by atoms with van der Waals surface area (Å²) in [6.45, 7) is 1.29. The minimum atomic E-state index is -0.489. The van der Waals surface area contributed by atoms with Crippen LogP contribution in [0.4, 0.5) is 0 Å². The highest BCUT2D eigenvalue weighted by atomic mass is 16.5. The summed E-state index contributed by atoms with van der Waals surface area (Å²) < 4.78 is 10.5. The van der Waals surface area contributed by atoms with Crippen molar-refractivity contribution in [3.63, 3.8) is 0 Å². The fourth-order valence-corrected chi connectivity index (χ4v) is 2.89. The van der Waals surface area contributed by atoms with E-state index >= 15 is 0 Å². The van der Waals surface area contributed by atoms with Gasteiger partial charge in [-0.1, -0.05) is 24.3 Å². The van der Waals surface area contributed by atoms with Crippen molar-refractivity contribution < 1.29 is 19.1 Å². The van der Waals surface area contributed by atoms with Gasteiger partial charge in [-0.2, -0.15) is 0 Å². The fraction of sp³-hybridized carbons (Fsp3) is 0.333. The Bertz CT molecular complexity index is 735. The largest absolute Gasteiger partial charge is 0.496 e. The number of hydrogen-bond acceptors (Lipinski definition) is 4. The molecule has 0 atom stereocenters. The number of nitrogens with zero attached hydrogens (tertiary/aromatic N) is 1. The zero-order valence-electron chi connectivity index (χ0n) is 13.1. The lowest BCUT2D eigenvalue weighted by molar-refractivity contribution is -0.133. The van der Waals surface area contributed by atoms with E-state index in [-0.39, 0.29) is 12.5 Å². The molecule has 5 nitrogen and oxygen atoms in total. The maximum Gasteiger partial charge on any atom is 0.339 e. The molecule has 1 saturated heterocycles. The summed E-state index contributed by atoms with van der Waals surface area (Å²) in [6, 6.07) is 10.9. The third-order valence-corrected chi connectivity index (χ3v) is 4.11. The predicted molar refractivity (Wildman–Crippen MR) is 86.6 cm³/mol. The van der Waals surface area contributed by atoms with Gasteiger partial charge in [0.25, 0.3) is 5.91 Å². The summed E-state index contributed by atoms with van der Waals surface area (Å²) in [5.74, 6) is 0.0790. The van der Waals surface area contributed by atoms with E-state index in [4.69, 9.17) is 9.47 Å². The highest BCUT2D eigenvalue weighted by Crippen LogP contribution is 2.28. The van der Waals surface area contributed by atoms with Gasteiger partial charge in [0.15, 0.2) is 6.61 Å². The van der Waals surface area contributed by atoms with Gasteiger partial charge in [0.1, 0.15) is 5.75 Å². The van der Waals surface area contributed by atoms with Crippen LogP contribution >= 0.6 is 0 Å². The van der Waals surface area contributed by atoms with E-state index in [1.54, 1.807) is 24.1 Å². The Kier molecular flexibility index (Phi) is 4.46. The summed E-state index contributed by atoms with van der Waals surface area (Å²) in [4.78, 5) is 26.1. The first-order chi connectivity index (χ1) is 11.2. The Morgan fingerprint density at radius 2 is 1.74 bits per heavy atom. The molecule has 0 saturated carbocycles. The Labute approximate surface area is 134 Å². The Hall–Kier alpha value is -2.56. The highest BCUT2D eigenvalue weighted by molar-refractivity contribution is 6.06. The van der Waals surface area contributed by atoms with E-state index in [1.165, 1.54) is 0 Å². The standard InChI is InChI=1S/C18H19NO4/c1-22-16-9-8-15(13-6-2-3-7-14(13)16)18(21)23-12-17(20)19-10-4-5-11-19/h2-3,6-9H,4-5,10-12H2,1H3. The van der Waals surface area contributed by atoms with Crippen molar-refractivity contribution in [3.05, 3.63) is 42.0 Å². The number of carbonyl (C=O) groups excluding carboxylic acids is 2. The van der Waals surface area contributed by atoms with Gasteiger partial charge in [-0.25, -0.2) is 4.79 Å². The lowest BCUT2D eigenvalue weighted by atomic mass is 10.0. The normalized spacial score (nSPS) is 14.0. The van der Waals surface area contributed by atoms with E-state index in [2.05, 4.69) is 0 Å². The number of rotatable bonds is 4. The van der Waals surface area contributed by atoms with E-state index in [0.29, 0.717) is 11.3 Å². The Balaban J connectivity index is 1.77. The van der Waals surface area contributed by atoms with Crippen LogP contribution in [0.2, 0.25) is 0 Å². The van der Waals surface area contributed by atoms with Crippen molar-refractivity contribution in [3.8, 4) is 5.75 Å². The number of carbonyl (C=O) groups is 2. The van der Waals surface area contributed by atoms with Gasteiger partial charge in [-0.15, -0.1) is 0 Å². The average molecular weight is 313 g/mol. The maximum absolute atomic E-state index is 12.3. The number of likely N-dealkylation sites (tertiary alicyclic amines) is 1. The van der Waals surface area contributed by atoms with Crippen LogP contribution in [0.15, 0.2) is 36.4 Å². The molecule has 1 aliphatic rings. The van der Waals surface area contributed by atoms with Crippen molar-refractivity contribution in [1.29, 1.82) is 0 Å². The molecule has 0 aliphatic carbocycles. The topological polar surface area (TPSA) is 55.8 Å². The van der Waals surface area contributed by atoms with Gasteiger partial charge < -0.3 is 14.4 Å². The number of benzene rings is 2. The van der Waals surface area contributed by atoms with Crippen LogP contribution in [0, 0.1) is 0 Å². The number of ether oxygens (including phenoxy) is 2. The zero-order chi connectivity index (χ0) is 16.2. The number of hydrogen-bond donors (Lipinski definition) is 0. The molecule has 120 valence electrons. The van der Waals surface area contributed by atoms with Gasteiger partial charge >= 0.3 is 5.97 Å². The molecule has 0 bridgehead atoms. The SMILES string of the molecule is COc1ccc(C(=O)OCC(=O)N2CCCC2)c2ccccc12. The van der Waals surface area contributed by atoms with Crippen molar-refractivity contribution in [2.45, 2.75) is 12.8 Å². The summed E-state index contributed by atoms with van der Waals surface area (Å²) in [5, 5.41) is 1.60. The molecule has 0 unspecified atom stereocenters. The smallest absolute Gasteiger partial charge is 0.339 e. The quantitative estimate of drug-likeness (QED) is 0.814.